The number of carbonyl (C=O) groups is 2. The van der Waals surface area contributed by atoms with Crippen LogP contribution in [0.25, 0.3) is 10.9 Å². The highest BCUT2D eigenvalue weighted by atomic mass is 79.9. The van der Waals surface area contributed by atoms with E-state index in [1.807, 2.05) is 49.2 Å². The zero-order valence-electron chi connectivity index (χ0n) is 25.3. The fourth-order valence-electron chi connectivity index (χ4n) is 7.01. The number of alkyl halides is 2. The summed E-state index contributed by atoms with van der Waals surface area (Å²) in [5.41, 5.74) is 3.67. The summed E-state index contributed by atoms with van der Waals surface area (Å²) < 4.78 is 39.5. The number of amides is 2. The number of hydrogen-bond acceptors (Lipinski definition) is 6. The van der Waals surface area contributed by atoms with Gasteiger partial charge in [0, 0.05) is 67.2 Å². The Morgan fingerprint density at radius 2 is 1.80 bits per heavy atom. The first-order chi connectivity index (χ1) is 21.1. The number of fused-ring (bicyclic) bond motifs is 1. The average molecular weight is 673 g/mol. The van der Waals surface area contributed by atoms with Crippen LogP contribution in [0.15, 0.2) is 40.9 Å². The molecule has 3 fully saturated rings. The van der Waals surface area contributed by atoms with Crippen LogP contribution in [0.1, 0.15) is 62.1 Å². The second kappa shape index (κ2) is 12.7. The Morgan fingerprint density at radius 3 is 2.52 bits per heavy atom. The minimum absolute atomic E-state index is 0.0189. The minimum Gasteiger partial charge on any atom is -0.490 e. The van der Waals surface area contributed by atoms with E-state index in [9.17, 15) is 9.59 Å². The Morgan fingerprint density at radius 1 is 1.05 bits per heavy atom. The SMILES string of the molecule is Cc1c(Br)cccc1OC1CCC(CC(F)(F)CN2CCN(c3ccc4c(C5CCC(=O)NC5=O)nn(C)c4c3)CC2)CC1. The first-order valence-electron chi connectivity index (χ1n) is 15.6. The van der Waals surface area contributed by atoms with Crippen LogP contribution in [0.2, 0.25) is 0 Å². The molecule has 0 radical (unpaired) electrons. The summed E-state index contributed by atoms with van der Waals surface area (Å²) in [5.74, 6) is -2.83. The van der Waals surface area contributed by atoms with Gasteiger partial charge in [-0.05, 0) is 75.3 Å². The van der Waals surface area contributed by atoms with Gasteiger partial charge in [0.1, 0.15) is 5.75 Å². The van der Waals surface area contributed by atoms with Crippen LogP contribution in [0.3, 0.4) is 0 Å². The van der Waals surface area contributed by atoms with Gasteiger partial charge < -0.3 is 9.64 Å². The number of imide groups is 1. The van der Waals surface area contributed by atoms with Gasteiger partial charge in [-0.25, -0.2) is 8.78 Å². The highest BCUT2D eigenvalue weighted by Crippen LogP contribution is 2.37. The fraction of sp³-hybridized carbons (Fsp3) is 0.545. The number of ether oxygens (including phenoxy) is 1. The number of aromatic nitrogens is 2. The van der Waals surface area contributed by atoms with E-state index in [-0.39, 0.29) is 36.8 Å². The molecule has 1 aliphatic carbocycles. The van der Waals surface area contributed by atoms with Gasteiger partial charge in [-0.1, -0.05) is 22.0 Å². The van der Waals surface area contributed by atoms with Crippen LogP contribution in [0.5, 0.6) is 5.75 Å². The summed E-state index contributed by atoms with van der Waals surface area (Å²) in [6.07, 6.45) is 3.92. The average Bonchev–Trinajstić information content (AvgIpc) is 3.31. The molecule has 1 atom stereocenters. The van der Waals surface area contributed by atoms with E-state index in [0.29, 0.717) is 44.7 Å². The van der Waals surface area contributed by atoms with E-state index in [4.69, 9.17) is 4.74 Å². The van der Waals surface area contributed by atoms with E-state index >= 15 is 8.78 Å². The predicted octanol–water partition coefficient (Wildman–Crippen LogP) is 5.95. The van der Waals surface area contributed by atoms with Crippen molar-refractivity contribution >= 4 is 44.3 Å². The molecule has 1 unspecified atom stereocenters. The van der Waals surface area contributed by atoms with Gasteiger partial charge in [0.15, 0.2) is 0 Å². The lowest BCUT2D eigenvalue weighted by molar-refractivity contribution is -0.134. The monoisotopic (exact) mass is 671 g/mol. The normalized spacial score (nSPS) is 23.7. The van der Waals surface area contributed by atoms with Crippen molar-refractivity contribution in [3.8, 4) is 5.75 Å². The van der Waals surface area contributed by atoms with Gasteiger partial charge in [-0.3, -0.25) is 24.5 Å². The summed E-state index contributed by atoms with van der Waals surface area (Å²) in [6, 6.07) is 12.0. The van der Waals surface area contributed by atoms with Crippen molar-refractivity contribution in [2.45, 2.75) is 69.8 Å². The Kier molecular flexibility index (Phi) is 8.97. The summed E-state index contributed by atoms with van der Waals surface area (Å²) in [4.78, 5) is 28.2. The van der Waals surface area contributed by atoms with E-state index in [2.05, 4.69) is 37.3 Å². The number of halogens is 3. The van der Waals surface area contributed by atoms with Crippen LogP contribution in [-0.2, 0) is 16.6 Å². The number of nitrogens with zero attached hydrogens (tertiary/aromatic N) is 4. The molecule has 2 amide bonds. The maximum atomic E-state index is 15.2. The standard InChI is InChI=1S/C33H40BrF2N5O3/c1-21-27(34)4-3-5-29(21)44-24-9-6-22(7-10-24)19-33(35,36)20-40-14-16-41(17-15-40)23-8-11-25-28(18-23)39(2)38-31(25)26-12-13-30(42)37-32(26)43/h3-5,8,11,18,22,24,26H,6-7,9-10,12-17,19-20H2,1-2H3,(H,37,42,43). The number of carbonyl (C=O) groups excluding carboxylic acids is 2. The number of nitrogens with one attached hydrogen (secondary N) is 1. The number of anilines is 1. The third-order valence-corrected chi connectivity index (χ3v) is 10.4. The molecule has 44 heavy (non-hydrogen) atoms. The number of rotatable bonds is 8. The van der Waals surface area contributed by atoms with E-state index < -0.39 is 11.8 Å². The van der Waals surface area contributed by atoms with E-state index in [0.717, 1.165) is 58.1 Å². The van der Waals surface area contributed by atoms with Gasteiger partial charge >= 0.3 is 0 Å². The molecule has 3 heterocycles. The maximum Gasteiger partial charge on any atom is 0.260 e. The molecule has 6 rings (SSSR count). The molecule has 0 bridgehead atoms. The molecule has 11 heteroatoms. The topological polar surface area (TPSA) is 79.7 Å². The number of benzene rings is 2. The maximum absolute atomic E-state index is 15.2. The lowest BCUT2D eigenvalue weighted by Gasteiger charge is -2.38. The predicted molar refractivity (Wildman–Crippen MR) is 169 cm³/mol. The molecule has 0 spiro atoms. The number of hydrogen-bond donors (Lipinski definition) is 1. The van der Waals surface area contributed by atoms with Crippen molar-refractivity contribution < 1.29 is 23.1 Å². The van der Waals surface area contributed by atoms with Crippen molar-refractivity contribution in [1.82, 2.24) is 20.0 Å². The quantitative estimate of drug-likeness (QED) is 0.298. The van der Waals surface area contributed by atoms with Crippen LogP contribution >= 0.6 is 15.9 Å². The second-order valence-corrected chi connectivity index (χ2v) is 13.5. The summed E-state index contributed by atoms with van der Waals surface area (Å²) in [6.45, 7) is 4.30. The third-order valence-electron chi connectivity index (χ3n) is 9.52. The zero-order valence-corrected chi connectivity index (χ0v) is 26.9. The molecule has 1 N–H and O–H groups in total. The summed E-state index contributed by atoms with van der Waals surface area (Å²) in [5, 5.41) is 7.95. The van der Waals surface area contributed by atoms with E-state index in [1.165, 1.54) is 0 Å². The molecule has 3 aliphatic rings. The Bertz CT molecular complexity index is 1530. The number of aryl methyl sites for hydroxylation is 1. The third kappa shape index (κ3) is 6.78. The largest absolute Gasteiger partial charge is 0.490 e. The molecule has 2 aliphatic heterocycles. The molecule has 8 nitrogen and oxygen atoms in total. The molecular weight excluding hydrogens is 632 g/mol. The first-order valence-corrected chi connectivity index (χ1v) is 16.4. The van der Waals surface area contributed by atoms with Crippen molar-refractivity contribution in [3.63, 3.8) is 0 Å². The molecule has 2 saturated heterocycles. The highest BCUT2D eigenvalue weighted by molar-refractivity contribution is 9.10. The molecule has 2 aromatic carbocycles. The minimum atomic E-state index is -2.72. The molecule has 3 aromatic rings. The second-order valence-electron chi connectivity index (χ2n) is 12.7. The highest BCUT2D eigenvalue weighted by Gasteiger charge is 2.37. The zero-order chi connectivity index (χ0) is 31.0. The van der Waals surface area contributed by atoms with Gasteiger partial charge in [0.2, 0.25) is 11.8 Å². The Labute approximate surface area is 265 Å². The lowest BCUT2D eigenvalue weighted by atomic mass is 9.83. The van der Waals surface area contributed by atoms with Gasteiger partial charge in [-0.2, -0.15) is 5.10 Å². The van der Waals surface area contributed by atoms with Crippen LogP contribution < -0.4 is 15.0 Å². The molecule has 1 saturated carbocycles. The number of piperazine rings is 1. The Hall–Kier alpha value is -3.05. The molecular formula is C33H40BrF2N5O3. The Balaban J connectivity index is 0.993. The van der Waals surface area contributed by atoms with Crippen LogP contribution in [-0.4, -0.2) is 71.2 Å². The van der Waals surface area contributed by atoms with Crippen LogP contribution in [0, 0.1) is 12.8 Å². The number of piperidine rings is 1. The fourth-order valence-corrected chi connectivity index (χ4v) is 7.36. The van der Waals surface area contributed by atoms with Crippen molar-refractivity contribution in [2.75, 3.05) is 37.6 Å². The smallest absolute Gasteiger partial charge is 0.260 e. The van der Waals surface area contributed by atoms with Gasteiger partial charge in [0.25, 0.3) is 5.92 Å². The van der Waals surface area contributed by atoms with Crippen molar-refractivity contribution in [3.05, 3.63) is 52.1 Å². The van der Waals surface area contributed by atoms with Crippen LogP contribution in [0.4, 0.5) is 14.5 Å². The van der Waals surface area contributed by atoms with Gasteiger partial charge in [0.05, 0.1) is 29.8 Å². The molecule has 1 aromatic heterocycles. The van der Waals surface area contributed by atoms with Gasteiger partial charge in [-0.15, -0.1) is 0 Å². The summed E-state index contributed by atoms with van der Waals surface area (Å²) in [7, 11) is 1.85. The first kappa shape index (κ1) is 31.0. The molecule has 236 valence electrons. The lowest BCUT2D eigenvalue weighted by Crippen LogP contribution is -2.50. The van der Waals surface area contributed by atoms with E-state index in [1.54, 1.807) is 4.68 Å². The summed E-state index contributed by atoms with van der Waals surface area (Å²) >= 11 is 3.54. The van der Waals surface area contributed by atoms with Crippen molar-refractivity contribution in [2.24, 2.45) is 13.0 Å². The van der Waals surface area contributed by atoms with Crippen molar-refractivity contribution in [1.29, 1.82) is 0 Å².